The van der Waals surface area contributed by atoms with E-state index in [1.54, 1.807) is 0 Å². The van der Waals surface area contributed by atoms with E-state index >= 15 is 0 Å². The molecule has 19 heavy (non-hydrogen) atoms. The van der Waals surface area contributed by atoms with E-state index in [-0.39, 0.29) is 6.10 Å². The van der Waals surface area contributed by atoms with Gasteiger partial charge in [0.15, 0.2) is 0 Å². The lowest BCUT2D eigenvalue weighted by molar-refractivity contribution is 0.118. The summed E-state index contributed by atoms with van der Waals surface area (Å²) in [6.45, 7) is 3.52. The molecule has 0 aromatic heterocycles. The fraction of sp³-hybridized carbons (Fsp3) is 0.647. The maximum atomic E-state index is 9.90. The van der Waals surface area contributed by atoms with Crippen molar-refractivity contribution in [3.63, 3.8) is 0 Å². The second-order valence-corrected chi connectivity index (χ2v) is 6.16. The van der Waals surface area contributed by atoms with Gasteiger partial charge in [0.2, 0.25) is 0 Å². The molecule has 1 saturated carbocycles. The molecule has 1 aromatic rings. The highest BCUT2D eigenvalue weighted by Crippen LogP contribution is 2.28. The molecule has 1 fully saturated rings. The molecule has 1 N–H and O–H groups in total. The van der Waals surface area contributed by atoms with E-state index in [2.05, 4.69) is 29.2 Å². The van der Waals surface area contributed by atoms with E-state index in [9.17, 15) is 5.11 Å². The van der Waals surface area contributed by atoms with Crippen LogP contribution in [0, 0.1) is 5.92 Å². The molecule has 2 aliphatic rings. The number of hydrogen-bond donors (Lipinski definition) is 1. The first-order valence-electron chi connectivity index (χ1n) is 7.80. The van der Waals surface area contributed by atoms with E-state index in [0.717, 1.165) is 13.0 Å². The molecule has 0 bridgehead atoms. The van der Waals surface area contributed by atoms with E-state index < -0.39 is 0 Å². The Morgan fingerprint density at radius 3 is 2.32 bits per heavy atom. The molecule has 104 valence electrons. The van der Waals surface area contributed by atoms with Crippen LogP contribution in [0.5, 0.6) is 0 Å². The van der Waals surface area contributed by atoms with E-state index in [1.165, 1.54) is 56.3 Å². The van der Waals surface area contributed by atoms with Gasteiger partial charge in [-0.15, -0.1) is 0 Å². The fourth-order valence-corrected chi connectivity index (χ4v) is 3.64. The van der Waals surface area contributed by atoms with Crippen molar-refractivity contribution >= 4 is 0 Å². The molecule has 0 radical (unpaired) electrons. The minimum absolute atomic E-state index is 0.0239. The van der Waals surface area contributed by atoms with Crippen LogP contribution in [0.15, 0.2) is 24.3 Å². The Kier molecular flexibility index (Phi) is 4.19. The summed E-state index contributed by atoms with van der Waals surface area (Å²) >= 11 is 0. The van der Waals surface area contributed by atoms with Crippen molar-refractivity contribution in [2.75, 3.05) is 19.6 Å². The first-order chi connectivity index (χ1) is 9.33. The van der Waals surface area contributed by atoms with Crippen molar-refractivity contribution in [1.29, 1.82) is 0 Å². The van der Waals surface area contributed by atoms with Crippen molar-refractivity contribution in [2.45, 2.75) is 44.6 Å². The van der Waals surface area contributed by atoms with Crippen LogP contribution in [0.4, 0.5) is 0 Å². The monoisotopic (exact) mass is 259 g/mol. The Balaban J connectivity index is 1.51. The largest absolute Gasteiger partial charge is 0.393 e. The highest BCUT2D eigenvalue weighted by atomic mass is 16.3. The average molecular weight is 259 g/mol. The zero-order valence-electron chi connectivity index (χ0n) is 11.7. The van der Waals surface area contributed by atoms with E-state index in [1.807, 2.05) is 0 Å². The van der Waals surface area contributed by atoms with Gasteiger partial charge in [0.05, 0.1) is 6.10 Å². The molecule has 0 saturated heterocycles. The zero-order chi connectivity index (χ0) is 13.1. The van der Waals surface area contributed by atoms with Crippen LogP contribution in [0.2, 0.25) is 0 Å². The molecule has 0 amide bonds. The Bertz CT molecular complexity index is 390. The molecule has 1 aliphatic heterocycles. The van der Waals surface area contributed by atoms with Gasteiger partial charge < -0.3 is 10.0 Å². The van der Waals surface area contributed by atoms with Crippen LogP contribution in [0.3, 0.4) is 0 Å². The summed E-state index contributed by atoms with van der Waals surface area (Å²) in [6, 6.07) is 8.87. The Morgan fingerprint density at radius 1 is 1.05 bits per heavy atom. The lowest BCUT2D eigenvalue weighted by Gasteiger charge is -2.23. The molecular formula is C17H25NO. The van der Waals surface area contributed by atoms with Crippen LogP contribution < -0.4 is 0 Å². The zero-order valence-corrected chi connectivity index (χ0v) is 11.7. The maximum Gasteiger partial charge on any atom is 0.0568 e. The van der Waals surface area contributed by atoms with Gasteiger partial charge in [-0.1, -0.05) is 30.7 Å². The number of aliphatic hydroxyl groups excluding tert-OH is 1. The number of aliphatic hydroxyl groups is 1. The summed E-state index contributed by atoms with van der Waals surface area (Å²) in [5, 5.41) is 9.90. The summed E-state index contributed by atoms with van der Waals surface area (Å²) in [4.78, 5) is 2.59. The predicted octanol–water partition coefficient (Wildman–Crippen LogP) is 2.64. The Morgan fingerprint density at radius 2 is 1.74 bits per heavy atom. The fourth-order valence-electron chi connectivity index (χ4n) is 3.64. The quantitative estimate of drug-likeness (QED) is 0.902. The minimum atomic E-state index is -0.0239. The van der Waals surface area contributed by atoms with Crippen LogP contribution in [0.1, 0.15) is 36.8 Å². The van der Waals surface area contributed by atoms with Crippen LogP contribution >= 0.6 is 0 Å². The van der Waals surface area contributed by atoms with Crippen LogP contribution in [0.25, 0.3) is 0 Å². The third-order valence-electron chi connectivity index (χ3n) is 4.95. The first-order valence-corrected chi connectivity index (χ1v) is 7.80. The van der Waals surface area contributed by atoms with Gasteiger partial charge in [0.1, 0.15) is 0 Å². The molecule has 1 aliphatic carbocycles. The SMILES string of the molecule is OC1CCCC1CCN1CCc2ccccc2CC1. The number of hydrogen-bond acceptors (Lipinski definition) is 2. The van der Waals surface area contributed by atoms with Gasteiger partial charge in [-0.3, -0.25) is 0 Å². The number of benzene rings is 1. The van der Waals surface area contributed by atoms with Crippen LogP contribution in [-0.2, 0) is 12.8 Å². The average Bonchev–Trinajstić information content (AvgIpc) is 2.73. The van der Waals surface area contributed by atoms with Crippen molar-refractivity contribution in [3.8, 4) is 0 Å². The second-order valence-electron chi connectivity index (χ2n) is 6.16. The summed E-state index contributed by atoms with van der Waals surface area (Å²) in [7, 11) is 0. The number of rotatable bonds is 3. The lowest BCUT2D eigenvalue weighted by atomic mass is 10.0. The number of nitrogens with zero attached hydrogens (tertiary/aromatic N) is 1. The van der Waals surface area contributed by atoms with Gasteiger partial charge in [-0.2, -0.15) is 0 Å². The molecule has 1 aromatic carbocycles. The lowest BCUT2D eigenvalue weighted by Crippen LogP contribution is -2.30. The predicted molar refractivity (Wildman–Crippen MR) is 78.3 cm³/mol. The number of fused-ring (bicyclic) bond motifs is 1. The normalized spacial score (nSPS) is 28.1. The Hall–Kier alpha value is -0.860. The van der Waals surface area contributed by atoms with Crippen molar-refractivity contribution in [3.05, 3.63) is 35.4 Å². The smallest absolute Gasteiger partial charge is 0.0568 e. The van der Waals surface area contributed by atoms with Crippen molar-refractivity contribution in [1.82, 2.24) is 4.90 Å². The molecule has 2 unspecified atom stereocenters. The highest BCUT2D eigenvalue weighted by Gasteiger charge is 2.25. The topological polar surface area (TPSA) is 23.5 Å². The van der Waals surface area contributed by atoms with Gasteiger partial charge in [0, 0.05) is 13.1 Å². The van der Waals surface area contributed by atoms with Crippen molar-refractivity contribution in [2.24, 2.45) is 5.92 Å². The molecule has 1 heterocycles. The summed E-state index contributed by atoms with van der Waals surface area (Å²) in [5.74, 6) is 0.561. The first kappa shape index (κ1) is 13.1. The minimum Gasteiger partial charge on any atom is -0.393 e. The van der Waals surface area contributed by atoms with Gasteiger partial charge in [-0.05, 0) is 55.7 Å². The van der Waals surface area contributed by atoms with Gasteiger partial charge in [0.25, 0.3) is 0 Å². The molecule has 0 spiro atoms. The Labute approximate surface area is 116 Å². The third kappa shape index (κ3) is 3.18. The second kappa shape index (κ2) is 6.06. The van der Waals surface area contributed by atoms with Crippen molar-refractivity contribution < 1.29 is 5.11 Å². The summed E-state index contributed by atoms with van der Waals surface area (Å²) in [6.07, 6.45) is 7.00. The van der Waals surface area contributed by atoms with Crippen LogP contribution in [-0.4, -0.2) is 35.7 Å². The standard InChI is InChI=1S/C17H25NO/c19-17-7-3-6-16(17)10-13-18-11-8-14-4-1-2-5-15(14)9-12-18/h1-2,4-5,16-17,19H,3,6-13H2. The maximum absolute atomic E-state index is 9.90. The molecule has 2 nitrogen and oxygen atoms in total. The summed E-state index contributed by atoms with van der Waals surface area (Å²) in [5.41, 5.74) is 3.07. The molecule has 2 heteroatoms. The third-order valence-corrected chi connectivity index (χ3v) is 4.95. The van der Waals surface area contributed by atoms with Gasteiger partial charge >= 0.3 is 0 Å². The molecule has 3 rings (SSSR count). The molecular weight excluding hydrogens is 234 g/mol. The highest BCUT2D eigenvalue weighted by molar-refractivity contribution is 5.28. The van der Waals surface area contributed by atoms with E-state index in [4.69, 9.17) is 0 Å². The van der Waals surface area contributed by atoms with Gasteiger partial charge in [-0.25, -0.2) is 0 Å². The summed E-state index contributed by atoms with van der Waals surface area (Å²) < 4.78 is 0. The molecule has 2 atom stereocenters. The van der Waals surface area contributed by atoms with E-state index in [0.29, 0.717) is 5.92 Å².